The average molecular weight is 528 g/mol. The molecule has 0 saturated carbocycles. The van der Waals surface area contributed by atoms with E-state index < -0.39 is 53.8 Å². The lowest BCUT2D eigenvalue weighted by molar-refractivity contribution is -0.145. The van der Waals surface area contributed by atoms with Gasteiger partial charge in [0.05, 0.1) is 6.04 Å². The lowest BCUT2D eigenvalue weighted by Crippen LogP contribution is -2.56. The number of hydrogen-bond donors (Lipinski definition) is 8. The molecule has 15 heteroatoms. The first-order chi connectivity index (χ1) is 17.5. The fourth-order valence-corrected chi connectivity index (χ4v) is 3.99. The predicted molar refractivity (Wildman–Crippen MR) is 135 cm³/mol. The maximum absolute atomic E-state index is 13.4. The molecule has 37 heavy (non-hydrogen) atoms. The average Bonchev–Trinajstić information content (AvgIpc) is 3.33. The van der Waals surface area contributed by atoms with Crippen LogP contribution < -0.4 is 39.3 Å². The van der Waals surface area contributed by atoms with Gasteiger partial charge in [-0.3, -0.25) is 24.2 Å². The van der Waals surface area contributed by atoms with Gasteiger partial charge < -0.3 is 49.3 Å². The minimum Gasteiger partial charge on any atom is -0.480 e. The number of amides is 4. The fourth-order valence-electron chi connectivity index (χ4n) is 3.99. The summed E-state index contributed by atoms with van der Waals surface area (Å²) in [5, 5.41) is 14.6. The van der Waals surface area contributed by atoms with E-state index in [-0.39, 0.29) is 44.7 Å². The highest BCUT2D eigenvalue weighted by Crippen LogP contribution is 2.20. The van der Waals surface area contributed by atoms with Crippen molar-refractivity contribution in [3.05, 3.63) is 0 Å². The summed E-state index contributed by atoms with van der Waals surface area (Å²) in [6.45, 7) is 0.881. The third-order valence-electron chi connectivity index (χ3n) is 6.00. The molecule has 1 heterocycles. The molecule has 1 aliphatic heterocycles. The molecular weight excluding hydrogens is 486 g/mol. The second-order valence-electron chi connectivity index (χ2n) is 8.99. The van der Waals surface area contributed by atoms with E-state index >= 15 is 0 Å². The van der Waals surface area contributed by atoms with Gasteiger partial charge in [0.1, 0.15) is 18.1 Å². The van der Waals surface area contributed by atoms with Gasteiger partial charge in [-0.05, 0) is 57.9 Å². The number of aliphatic imine (C=N–C) groups is 1. The van der Waals surface area contributed by atoms with E-state index in [9.17, 15) is 29.1 Å². The van der Waals surface area contributed by atoms with E-state index in [0.29, 0.717) is 38.6 Å². The topological polar surface area (TPSA) is 275 Å². The van der Waals surface area contributed by atoms with Gasteiger partial charge in [0.2, 0.25) is 23.6 Å². The van der Waals surface area contributed by atoms with Crippen LogP contribution in [0.15, 0.2) is 4.99 Å². The van der Waals surface area contributed by atoms with Crippen LogP contribution in [0.3, 0.4) is 0 Å². The summed E-state index contributed by atoms with van der Waals surface area (Å²) >= 11 is 0. The number of carboxylic acid groups (broad SMARTS) is 1. The number of primary amides is 1. The van der Waals surface area contributed by atoms with E-state index in [4.69, 9.17) is 28.7 Å². The minimum atomic E-state index is -1.17. The van der Waals surface area contributed by atoms with Gasteiger partial charge in [0.15, 0.2) is 5.96 Å². The minimum absolute atomic E-state index is 0.00551. The summed E-state index contributed by atoms with van der Waals surface area (Å²) in [5.74, 6) is -3.62. The third kappa shape index (κ3) is 11.4. The van der Waals surface area contributed by atoms with Gasteiger partial charge in [-0.2, -0.15) is 0 Å². The van der Waals surface area contributed by atoms with Crippen molar-refractivity contribution in [3.8, 4) is 0 Å². The van der Waals surface area contributed by atoms with Crippen molar-refractivity contribution in [2.45, 2.75) is 82.0 Å². The Morgan fingerprint density at radius 1 is 0.973 bits per heavy atom. The molecule has 1 fully saturated rings. The Morgan fingerprint density at radius 2 is 1.65 bits per heavy atom. The number of nitrogens with two attached hydrogens (primary N) is 5. The van der Waals surface area contributed by atoms with Gasteiger partial charge >= 0.3 is 5.97 Å². The molecule has 15 nitrogen and oxygen atoms in total. The van der Waals surface area contributed by atoms with E-state index in [1.54, 1.807) is 0 Å². The highest BCUT2D eigenvalue weighted by atomic mass is 16.4. The highest BCUT2D eigenvalue weighted by Gasteiger charge is 2.39. The van der Waals surface area contributed by atoms with Crippen molar-refractivity contribution < 1.29 is 29.1 Å². The zero-order valence-corrected chi connectivity index (χ0v) is 21.1. The standard InChI is InChI=1S/C22H41N9O6/c23-10-2-1-5-15(21(36)37)30-19(34)16-7-4-12-31(16)20(35)14(6-3-11-28-22(26)27)29-18(33)13(24)8-9-17(25)32/h13-16H,1-12,23-24H2,(H2,25,32)(H,29,33)(H,30,34)(H,36,37)(H4,26,27,28). The van der Waals surface area contributed by atoms with Crippen LogP contribution >= 0.6 is 0 Å². The van der Waals surface area contributed by atoms with Crippen LogP contribution in [-0.4, -0.2) is 89.4 Å². The van der Waals surface area contributed by atoms with Crippen molar-refractivity contribution in [1.82, 2.24) is 15.5 Å². The highest BCUT2D eigenvalue weighted by molar-refractivity contribution is 5.94. The second-order valence-corrected chi connectivity index (χ2v) is 8.99. The quantitative estimate of drug-likeness (QED) is 0.0532. The molecule has 4 atom stereocenters. The first kappa shape index (κ1) is 31.6. The summed E-state index contributed by atoms with van der Waals surface area (Å²) < 4.78 is 0. The first-order valence-electron chi connectivity index (χ1n) is 12.4. The Kier molecular flexibility index (Phi) is 13.9. The molecule has 4 amide bonds. The molecule has 0 spiro atoms. The van der Waals surface area contributed by atoms with Gasteiger partial charge in [-0.15, -0.1) is 0 Å². The molecule has 0 bridgehead atoms. The zero-order chi connectivity index (χ0) is 28.0. The summed E-state index contributed by atoms with van der Waals surface area (Å²) in [6, 6.07) is -4.09. The maximum atomic E-state index is 13.4. The van der Waals surface area contributed by atoms with E-state index in [1.165, 1.54) is 4.90 Å². The smallest absolute Gasteiger partial charge is 0.326 e. The van der Waals surface area contributed by atoms with Crippen LogP contribution in [-0.2, 0) is 24.0 Å². The molecule has 0 aromatic rings. The summed E-state index contributed by atoms with van der Waals surface area (Å²) in [4.78, 5) is 66.8. The molecule has 0 aromatic carbocycles. The van der Waals surface area contributed by atoms with Crippen molar-refractivity contribution in [2.24, 2.45) is 33.7 Å². The lowest BCUT2D eigenvalue weighted by Gasteiger charge is -2.30. The maximum Gasteiger partial charge on any atom is 0.326 e. The van der Waals surface area contributed by atoms with Crippen molar-refractivity contribution >= 4 is 35.6 Å². The SMILES string of the molecule is NCCCCC(NC(=O)C1CCCN1C(=O)C(CCCN=C(N)N)NC(=O)C(N)CCC(N)=O)C(=O)O. The number of carbonyl (C=O) groups is 5. The number of carboxylic acids is 1. The number of nitrogens with one attached hydrogen (secondary N) is 2. The van der Waals surface area contributed by atoms with Gasteiger partial charge in [-0.25, -0.2) is 4.79 Å². The molecule has 0 radical (unpaired) electrons. The van der Waals surface area contributed by atoms with Crippen LogP contribution in [0.25, 0.3) is 0 Å². The van der Waals surface area contributed by atoms with Crippen LogP contribution in [0, 0.1) is 0 Å². The number of carbonyl (C=O) groups excluding carboxylic acids is 4. The molecular formula is C22H41N9O6. The molecule has 0 aromatic heterocycles. The largest absolute Gasteiger partial charge is 0.480 e. The summed E-state index contributed by atoms with van der Waals surface area (Å²) in [7, 11) is 0. The monoisotopic (exact) mass is 527 g/mol. The van der Waals surface area contributed by atoms with Gasteiger partial charge in [-0.1, -0.05) is 0 Å². The van der Waals surface area contributed by atoms with Crippen molar-refractivity contribution in [1.29, 1.82) is 0 Å². The molecule has 13 N–H and O–H groups in total. The number of nitrogens with zero attached hydrogens (tertiary/aromatic N) is 2. The van der Waals surface area contributed by atoms with E-state index in [2.05, 4.69) is 15.6 Å². The third-order valence-corrected chi connectivity index (χ3v) is 6.00. The number of unbranched alkanes of at least 4 members (excludes halogenated alkanes) is 1. The zero-order valence-electron chi connectivity index (χ0n) is 21.1. The Bertz CT molecular complexity index is 833. The van der Waals surface area contributed by atoms with Crippen molar-refractivity contribution in [3.63, 3.8) is 0 Å². The molecule has 1 aliphatic rings. The molecule has 210 valence electrons. The number of rotatable bonds is 17. The van der Waals surface area contributed by atoms with Crippen LogP contribution in [0.4, 0.5) is 0 Å². The first-order valence-corrected chi connectivity index (χ1v) is 12.4. The van der Waals surface area contributed by atoms with Crippen LogP contribution in [0.5, 0.6) is 0 Å². The Balaban J connectivity index is 2.95. The van der Waals surface area contributed by atoms with E-state index in [0.717, 1.165) is 0 Å². The normalized spacial score (nSPS) is 17.4. The summed E-state index contributed by atoms with van der Waals surface area (Å²) in [5.41, 5.74) is 27.1. The van der Waals surface area contributed by atoms with Crippen LogP contribution in [0.2, 0.25) is 0 Å². The van der Waals surface area contributed by atoms with Gasteiger partial charge in [0, 0.05) is 19.5 Å². The summed E-state index contributed by atoms with van der Waals surface area (Å²) in [6.07, 6.45) is 2.65. The molecule has 0 aliphatic carbocycles. The molecule has 4 unspecified atom stereocenters. The Morgan fingerprint density at radius 3 is 2.24 bits per heavy atom. The predicted octanol–water partition coefficient (Wildman–Crippen LogP) is -3.19. The van der Waals surface area contributed by atoms with Crippen LogP contribution in [0.1, 0.15) is 57.8 Å². The Labute approximate surface area is 215 Å². The van der Waals surface area contributed by atoms with Crippen molar-refractivity contribution in [2.75, 3.05) is 19.6 Å². The number of guanidine groups is 1. The number of hydrogen-bond acceptors (Lipinski definition) is 8. The molecule has 1 saturated heterocycles. The second kappa shape index (κ2) is 16.3. The number of aliphatic carboxylic acids is 1. The lowest BCUT2D eigenvalue weighted by atomic mass is 10.1. The fraction of sp³-hybridized carbons (Fsp3) is 0.727. The molecule has 1 rings (SSSR count). The number of likely N-dealkylation sites (tertiary alicyclic amines) is 1. The van der Waals surface area contributed by atoms with E-state index in [1.807, 2.05) is 0 Å². The van der Waals surface area contributed by atoms with Gasteiger partial charge in [0.25, 0.3) is 0 Å². The Hall–Kier alpha value is -3.46.